The molecule has 1 aromatic heterocycles. The third-order valence-corrected chi connectivity index (χ3v) is 2.80. The van der Waals surface area contributed by atoms with Gasteiger partial charge in [0.15, 0.2) is 0 Å². The van der Waals surface area contributed by atoms with Crippen LogP contribution in [0.1, 0.15) is 17.2 Å². The quantitative estimate of drug-likeness (QED) is 0.901. The number of ether oxygens (including phenoxy) is 1. The molecule has 0 saturated heterocycles. The highest BCUT2D eigenvalue weighted by molar-refractivity contribution is 5.37. The molecule has 94 valence electrons. The second-order valence-electron chi connectivity index (χ2n) is 4.05. The van der Waals surface area contributed by atoms with Crippen molar-refractivity contribution in [2.75, 3.05) is 7.11 Å². The van der Waals surface area contributed by atoms with Crippen molar-refractivity contribution < 1.29 is 9.13 Å². The standard InChI is InChI=1S/C14H15FN2O/c1-18-14-3-2-11(15)9-12(14)13(16)8-10-4-6-17-7-5-10/h2-7,9,13H,8,16H2,1H3. The fourth-order valence-corrected chi connectivity index (χ4v) is 1.88. The SMILES string of the molecule is COc1ccc(F)cc1C(N)Cc1ccncc1. The highest BCUT2D eigenvalue weighted by atomic mass is 19.1. The maximum absolute atomic E-state index is 13.3. The zero-order valence-corrected chi connectivity index (χ0v) is 10.1. The molecule has 2 aromatic rings. The Hall–Kier alpha value is -1.94. The van der Waals surface area contributed by atoms with Crippen LogP contribution >= 0.6 is 0 Å². The number of hydrogen-bond acceptors (Lipinski definition) is 3. The number of aromatic nitrogens is 1. The van der Waals surface area contributed by atoms with Crippen LogP contribution in [-0.2, 0) is 6.42 Å². The smallest absolute Gasteiger partial charge is 0.123 e. The molecule has 1 aromatic carbocycles. The van der Waals surface area contributed by atoms with Crippen molar-refractivity contribution in [3.8, 4) is 5.75 Å². The summed E-state index contributed by atoms with van der Waals surface area (Å²) in [7, 11) is 1.55. The average Bonchev–Trinajstić information content (AvgIpc) is 2.40. The van der Waals surface area contributed by atoms with Crippen LogP contribution in [0.25, 0.3) is 0 Å². The lowest BCUT2D eigenvalue weighted by atomic mass is 9.99. The topological polar surface area (TPSA) is 48.1 Å². The number of benzene rings is 1. The molecule has 0 aliphatic heterocycles. The predicted octanol–water partition coefficient (Wildman–Crippen LogP) is 2.47. The Morgan fingerprint density at radius 1 is 1.28 bits per heavy atom. The molecule has 1 unspecified atom stereocenters. The second-order valence-corrected chi connectivity index (χ2v) is 4.05. The Kier molecular flexibility index (Phi) is 3.89. The van der Waals surface area contributed by atoms with E-state index in [0.29, 0.717) is 17.7 Å². The van der Waals surface area contributed by atoms with Crippen molar-refractivity contribution in [3.05, 3.63) is 59.7 Å². The Morgan fingerprint density at radius 3 is 2.67 bits per heavy atom. The van der Waals surface area contributed by atoms with Gasteiger partial charge in [0.2, 0.25) is 0 Å². The van der Waals surface area contributed by atoms with Crippen molar-refractivity contribution >= 4 is 0 Å². The molecule has 0 spiro atoms. The third kappa shape index (κ3) is 2.84. The molecule has 1 atom stereocenters. The average molecular weight is 246 g/mol. The van der Waals surface area contributed by atoms with Crippen LogP contribution in [0.3, 0.4) is 0 Å². The van der Waals surface area contributed by atoms with Gasteiger partial charge in [-0.3, -0.25) is 4.98 Å². The fraction of sp³-hybridized carbons (Fsp3) is 0.214. The van der Waals surface area contributed by atoms with Crippen LogP contribution in [0.2, 0.25) is 0 Å². The van der Waals surface area contributed by atoms with Gasteiger partial charge in [-0.2, -0.15) is 0 Å². The first-order valence-corrected chi connectivity index (χ1v) is 5.68. The van der Waals surface area contributed by atoms with E-state index in [0.717, 1.165) is 5.56 Å². The molecule has 0 radical (unpaired) electrons. The van der Waals surface area contributed by atoms with Crippen molar-refractivity contribution in [1.29, 1.82) is 0 Å². The summed E-state index contributed by atoms with van der Waals surface area (Å²) in [5, 5.41) is 0. The summed E-state index contributed by atoms with van der Waals surface area (Å²) in [6.45, 7) is 0. The van der Waals surface area contributed by atoms with E-state index in [-0.39, 0.29) is 11.9 Å². The van der Waals surface area contributed by atoms with E-state index in [9.17, 15) is 4.39 Å². The summed E-state index contributed by atoms with van der Waals surface area (Å²) >= 11 is 0. The molecule has 0 saturated carbocycles. The van der Waals surface area contributed by atoms with E-state index in [1.807, 2.05) is 12.1 Å². The largest absolute Gasteiger partial charge is 0.496 e. The molecular formula is C14H15FN2O. The van der Waals surface area contributed by atoms with Gasteiger partial charge in [-0.05, 0) is 42.3 Å². The van der Waals surface area contributed by atoms with Gasteiger partial charge >= 0.3 is 0 Å². The molecule has 0 bridgehead atoms. The minimum Gasteiger partial charge on any atom is -0.496 e. The predicted molar refractivity (Wildman–Crippen MR) is 67.8 cm³/mol. The molecule has 0 aliphatic carbocycles. The molecule has 2 rings (SSSR count). The highest BCUT2D eigenvalue weighted by Crippen LogP contribution is 2.26. The number of hydrogen-bond donors (Lipinski definition) is 1. The van der Waals surface area contributed by atoms with Gasteiger partial charge in [0.25, 0.3) is 0 Å². The van der Waals surface area contributed by atoms with Gasteiger partial charge in [-0.25, -0.2) is 4.39 Å². The van der Waals surface area contributed by atoms with E-state index in [1.54, 1.807) is 25.6 Å². The molecule has 3 nitrogen and oxygen atoms in total. The van der Waals surface area contributed by atoms with E-state index >= 15 is 0 Å². The molecule has 18 heavy (non-hydrogen) atoms. The first-order chi connectivity index (χ1) is 8.70. The van der Waals surface area contributed by atoms with Crippen LogP contribution in [0, 0.1) is 5.82 Å². The van der Waals surface area contributed by atoms with Crippen molar-refractivity contribution in [3.63, 3.8) is 0 Å². The van der Waals surface area contributed by atoms with Gasteiger partial charge in [0.1, 0.15) is 11.6 Å². The first kappa shape index (κ1) is 12.5. The number of pyridine rings is 1. The van der Waals surface area contributed by atoms with Crippen LogP contribution in [-0.4, -0.2) is 12.1 Å². The number of methoxy groups -OCH3 is 1. The Balaban J connectivity index is 2.23. The fourth-order valence-electron chi connectivity index (χ4n) is 1.88. The summed E-state index contributed by atoms with van der Waals surface area (Å²) in [6.07, 6.45) is 4.04. The van der Waals surface area contributed by atoms with E-state index < -0.39 is 0 Å². The summed E-state index contributed by atoms with van der Waals surface area (Å²) in [5.41, 5.74) is 7.84. The van der Waals surface area contributed by atoms with Crippen LogP contribution in [0.4, 0.5) is 4.39 Å². The van der Waals surface area contributed by atoms with Crippen LogP contribution in [0.5, 0.6) is 5.75 Å². The molecule has 0 fully saturated rings. The lowest BCUT2D eigenvalue weighted by Gasteiger charge is -2.15. The van der Waals surface area contributed by atoms with Gasteiger partial charge in [-0.1, -0.05) is 0 Å². The zero-order chi connectivity index (χ0) is 13.0. The van der Waals surface area contributed by atoms with Crippen molar-refractivity contribution in [2.45, 2.75) is 12.5 Å². The Bertz CT molecular complexity index is 516. The van der Waals surface area contributed by atoms with E-state index in [2.05, 4.69) is 4.98 Å². The first-order valence-electron chi connectivity index (χ1n) is 5.68. The molecule has 1 heterocycles. The van der Waals surface area contributed by atoms with Gasteiger partial charge in [0.05, 0.1) is 7.11 Å². The van der Waals surface area contributed by atoms with Crippen LogP contribution < -0.4 is 10.5 Å². The molecular weight excluding hydrogens is 231 g/mol. The van der Waals surface area contributed by atoms with E-state index in [4.69, 9.17) is 10.5 Å². The summed E-state index contributed by atoms with van der Waals surface area (Å²) in [4.78, 5) is 3.95. The molecule has 2 N–H and O–H groups in total. The molecule has 0 amide bonds. The maximum Gasteiger partial charge on any atom is 0.123 e. The Morgan fingerprint density at radius 2 is 2.00 bits per heavy atom. The summed E-state index contributed by atoms with van der Waals surface area (Å²) < 4.78 is 18.5. The van der Waals surface area contributed by atoms with Gasteiger partial charge in [-0.15, -0.1) is 0 Å². The summed E-state index contributed by atoms with van der Waals surface area (Å²) in [6, 6.07) is 7.86. The second kappa shape index (κ2) is 5.60. The molecule has 4 heteroatoms. The monoisotopic (exact) mass is 246 g/mol. The number of nitrogens with zero attached hydrogens (tertiary/aromatic N) is 1. The molecule has 0 aliphatic rings. The normalized spacial score (nSPS) is 12.2. The van der Waals surface area contributed by atoms with Gasteiger partial charge < -0.3 is 10.5 Å². The third-order valence-electron chi connectivity index (χ3n) is 2.80. The number of nitrogens with two attached hydrogens (primary N) is 1. The lowest BCUT2D eigenvalue weighted by molar-refractivity contribution is 0.404. The van der Waals surface area contributed by atoms with Crippen molar-refractivity contribution in [2.24, 2.45) is 5.73 Å². The number of halogens is 1. The minimum absolute atomic E-state index is 0.307. The zero-order valence-electron chi connectivity index (χ0n) is 10.1. The lowest BCUT2D eigenvalue weighted by Crippen LogP contribution is -2.14. The maximum atomic E-state index is 13.3. The van der Waals surface area contributed by atoms with Crippen molar-refractivity contribution in [1.82, 2.24) is 4.98 Å². The highest BCUT2D eigenvalue weighted by Gasteiger charge is 2.13. The summed E-state index contributed by atoms with van der Waals surface area (Å²) in [5.74, 6) is 0.300. The Labute approximate surface area is 105 Å². The minimum atomic E-state index is -0.309. The number of rotatable bonds is 4. The van der Waals surface area contributed by atoms with Gasteiger partial charge in [0, 0.05) is 24.0 Å². The van der Waals surface area contributed by atoms with E-state index in [1.165, 1.54) is 12.1 Å². The van der Waals surface area contributed by atoms with Crippen LogP contribution in [0.15, 0.2) is 42.7 Å².